The van der Waals surface area contributed by atoms with Crippen LogP contribution in [0, 0.1) is 11.8 Å². The topological polar surface area (TPSA) is 144 Å². The van der Waals surface area contributed by atoms with Crippen molar-refractivity contribution in [3.63, 3.8) is 0 Å². The van der Waals surface area contributed by atoms with E-state index in [2.05, 4.69) is 10.3 Å². The van der Waals surface area contributed by atoms with Crippen molar-refractivity contribution in [1.82, 2.24) is 10.2 Å². The molecular formula is C28H38ClF3N4O6. The molecule has 0 aromatic heterocycles. The van der Waals surface area contributed by atoms with Crippen LogP contribution in [-0.4, -0.2) is 70.8 Å². The van der Waals surface area contributed by atoms with E-state index in [1.807, 2.05) is 39.8 Å². The fourth-order valence-electron chi connectivity index (χ4n) is 5.42. The largest absolute Gasteiger partial charge is 0.490 e. The quantitative estimate of drug-likeness (QED) is 0.391. The maximum absolute atomic E-state index is 13.4. The first-order valence-corrected chi connectivity index (χ1v) is 14.0. The Morgan fingerprint density at radius 2 is 1.98 bits per heavy atom. The van der Waals surface area contributed by atoms with Gasteiger partial charge in [-0.15, -0.1) is 0 Å². The molecule has 2 heterocycles. The molecule has 10 nitrogen and oxygen atoms in total. The number of rotatable bonds is 8. The number of carboxylic acids is 1. The third kappa shape index (κ3) is 8.06. The number of guanidine groups is 1. The highest BCUT2D eigenvalue weighted by molar-refractivity contribution is 6.30. The molecule has 2 amide bonds. The molecule has 1 aromatic carbocycles. The summed E-state index contributed by atoms with van der Waals surface area (Å²) in [6.07, 6.45) is -2.12. The summed E-state index contributed by atoms with van der Waals surface area (Å²) < 4.78 is 43.2. The zero-order valence-electron chi connectivity index (χ0n) is 24.3. The Hall–Kier alpha value is -3.06. The number of nitrogens with zero attached hydrogens (tertiary/aromatic N) is 2. The Bertz CT molecular complexity index is 1230. The van der Waals surface area contributed by atoms with Gasteiger partial charge in [-0.25, -0.2) is 9.79 Å². The van der Waals surface area contributed by atoms with Crippen molar-refractivity contribution < 1.29 is 42.1 Å². The van der Waals surface area contributed by atoms with Gasteiger partial charge in [0.15, 0.2) is 5.96 Å². The highest BCUT2D eigenvalue weighted by Crippen LogP contribution is 2.47. The Labute approximate surface area is 247 Å². The maximum Gasteiger partial charge on any atom is 0.490 e. The minimum absolute atomic E-state index is 0.000477. The Morgan fingerprint density at radius 1 is 1.33 bits per heavy atom. The summed E-state index contributed by atoms with van der Waals surface area (Å²) in [5.41, 5.74) is 6.31. The average molecular weight is 619 g/mol. The summed E-state index contributed by atoms with van der Waals surface area (Å²) >= 11 is 6.24. The van der Waals surface area contributed by atoms with Crippen LogP contribution < -0.4 is 15.8 Å². The third-order valence-corrected chi connectivity index (χ3v) is 8.04. The summed E-state index contributed by atoms with van der Waals surface area (Å²) in [6, 6.07) is 5.08. The number of amides is 2. The predicted molar refractivity (Wildman–Crippen MR) is 149 cm³/mol. The number of halogens is 4. The number of aliphatic carboxylic acids is 1. The van der Waals surface area contributed by atoms with E-state index in [4.69, 9.17) is 36.7 Å². The minimum Gasteiger partial charge on any atom is -0.487 e. The van der Waals surface area contributed by atoms with Crippen LogP contribution in [0.15, 0.2) is 23.2 Å². The number of alkyl halides is 3. The molecule has 14 heteroatoms. The van der Waals surface area contributed by atoms with E-state index < -0.39 is 23.3 Å². The van der Waals surface area contributed by atoms with E-state index in [1.165, 1.54) is 0 Å². The minimum atomic E-state index is -5.08. The number of carboxylic acid groups (broad SMARTS) is 1. The van der Waals surface area contributed by atoms with E-state index >= 15 is 0 Å². The first kappa shape index (κ1) is 33.4. The van der Waals surface area contributed by atoms with Gasteiger partial charge in [-0.2, -0.15) is 13.2 Å². The molecule has 0 spiro atoms. The van der Waals surface area contributed by atoms with Gasteiger partial charge in [0.1, 0.15) is 11.4 Å². The monoisotopic (exact) mass is 618 g/mol. The zero-order chi connectivity index (χ0) is 31.6. The first-order chi connectivity index (χ1) is 19.4. The number of carbonyl (C=O) groups is 3. The fraction of sp³-hybridized carbons (Fsp3) is 0.643. The molecule has 234 valence electrons. The molecule has 1 fully saturated rings. The number of hydrogen-bond acceptors (Lipinski definition) is 7. The normalized spacial score (nSPS) is 27.0. The molecule has 4 rings (SSSR count). The van der Waals surface area contributed by atoms with E-state index in [9.17, 15) is 22.8 Å². The average Bonchev–Trinajstić information content (AvgIpc) is 3.66. The number of nitrogens with two attached hydrogens (primary N) is 1. The number of benzene rings is 1. The van der Waals surface area contributed by atoms with Crippen molar-refractivity contribution in [2.24, 2.45) is 22.6 Å². The number of nitrogens with one attached hydrogen (secondary N) is 1. The summed E-state index contributed by atoms with van der Waals surface area (Å²) in [5.74, 6) is -2.04. The molecule has 0 unspecified atom stereocenters. The second kappa shape index (κ2) is 12.7. The van der Waals surface area contributed by atoms with E-state index in [0.717, 1.165) is 17.7 Å². The van der Waals surface area contributed by atoms with Crippen LogP contribution in [-0.2, 0) is 19.1 Å². The smallest absolute Gasteiger partial charge is 0.487 e. The maximum atomic E-state index is 13.4. The van der Waals surface area contributed by atoms with E-state index in [0.29, 0.717) is 37.3 Å². The summed E-state index contributed by atoms with van der Waals surface area (Å²) in [7, 11) is 1.63. The molecule has 0 bridgehead atoms. The molecule has 4 N–H and O–H groups in total. The highest BCUT2D eigenvalue weighted by atomic mass is 35.5. The molecule has 1 aliphatic carbocycles. The van der Waals surface area contributed by atoms with Gasteiger partial charge < -0.3 is 25.6 Å². The first-order valence-electron chi connectivity index (χ1n) is 13.7. The number of methoxy groups -OCH3 is 1. The van der Waals surface area contributed by atoms with Crippen LogP contribution >= 0.6 is 11.6 Å². The van der Waals surface area contributed by atoms with Crippen molar-refractivity contribution >= 4 is 35.3 Å². The molecule has 5 atom stereocenters. The molecule has 0 saturated heterocycles. The van der Waals surface area contributed by atoms with Gasteiger partial charge >= 0.3 is 12.1 Å². The second-order valence-electron chi connectivity index (χ2n) is 11.7. The lowest BCUT2D eigenvalue weighted by atomic mass is 9.89. The van der Waals surface area contributed by atoms with Gasteiger partial charge in [0.25, 0.3) is 0 Å². The Kier molecular flexibility index (Phi) is 10.1. The molecule has 2 aliphatic heterocycles. The molecule has 3 aliphatic rings. The molecule has 0 radical (unpaired) electrons. The van der Waals surface area contributed by atoms with Gasteiger partial charge in [0.05, 0.1) is 18.0 Å². The lowest BCUT2D eigenvalue weighted by Crippen LogP contribution is -2.56. The number of aliphatic imine (C=N–C) groups is 1. The summed E-state index contributed by atoms with van der Waals surface area (Å²) in [5, 5.41) is 11.0. The van der Waals surface area contributed by atoms with E-state index in [1.54, 1.807) is 18.1 Å². The van der Waals surface area contributed by atoms with E-state index in [-0.39, 0.29) is 41.7 Å². The predicted octanol–water partition coefficient (Wildman–Crippen LogP) is 4.45. The van der Waals surface area contributed by atoms with Gasteiger partial charge in [-0.05, 0) is 64.2 Å². The number of ether oxygens (including phenoxy) is 2. The Balaban J connectivity index is 0.000000616. The van der Waals surface area contributed by atoms with Gasteiger partial charge in [0.2, 0.25) is 11.8 Å². The summed E-state index contributed by atoms with van der Waals surface area (Å²) in [4.78, 5) is 41.7. The van der Waals surface area contributed by atoms with Gasteiger partial charge in [0, 0.05) is 42.7 Å². The molecule has 1 aromatic rings. The van der Waals surface area contributed by atoms with Crippen molar-refractivity contribution in [2.75, 3.05) is 13.7 Å². The second-order valence-corrected chi connectivity index (χ2v) is 12.2. The Morgan fingerprint density at radius 3 is 2.52 bits per heavy atom. The summed E-state index contributed by atoms with van der Waals surface area (Å²) in [6.45, 7) is 8.45. The van der Waals surface area contributed by atoms with Crippen LogP contribution in [0.5, 0.6) is 5.75 Å². The fourth-order valence-corrected chi connectivity index (χ4v) is 5.60. The lowest BCUT2D eigenvalue weighted by Gasteiger charge is -2.39. The highest BCUT2D eigenvalue weighted by Gasteiger charge is 2.52. The van der Waals surface area contributed by atoms with Crippen molar-refractivity contribution in [3.05, 3.63) is 28.8 Å². The molecule has 1 saturated carbocycles. The van der Waals surface area contributed by atoms with Crippen molar-refractivity contribution in [2.45, 2.75) is 89.2 Å². The lowest BCUT2D eigenvalue weighted by molar-refractivity contribution is -0.192. The van der Waals surface area contributed by atoms with Crippen molar-refractivity contribution in [1.29, 1.82) is 0 Å². The number of carbonyl (C=O) groups excluding carboxylic acids is 2. The molecular weight excluding hydrogens is 581 g/mol. The van der Waals surface area contributed by atoms with Crippen LogP contribution in [0.3, 0.4) is 0 Å². The van der Waals surface area contributed by atoms with Crippen LogP contribution in [0.4, 0.5) is 13.2 Å². The van der Waals surface area contributed by atoms with Gasteiger partial charge in [-0.1, -0.05) is 18.5 Å². The van der Waals surface area contributed by atoms with Crippen molar-refractivity contribution in [3.8, 4) is 5.75 Å². The van der Waals surface area contributed by atoms with Crippen LogP contribution in [0.25, 0.3) is 0 Å². The van der Waals surface area contributed by atoms with Crippen LogP contribution in [0.1, 0.15) is 71.4 Å². The zero-order valence-corrected chi connectivity index (χ0v) is 25.0. The van der Waals surface area contributed by atoms with Crippen LogP contribution in [0.2, 0.25) is 5.02 Å². The SMILES string of the molecule is CC[C@]1(C)CC(=O)N([C@H](CCOC)[C@@H]2C[C@H]2C(=O)N[C@H]2CC(C)(C)Oc3ccc(Cl)cc32)C(N)=N1.O=C(O)C(F)(F)F. The molecule has 42 heavy (non-hydrogen) atoms. The standard InChI is InChI=1S/C26H37ClN4O4.C2HF3O2/c1-6-26(4)14-22(32)31(24(28)30-26)20(9-10-34-5)16-12-17(16)23(33)29-19-13-25(2,3)35-21-8-7-15(27)11-18(19)21;3-2(4,5)1(6)7/h7-8,11,16-17,19-20H,6,9-10,12-14H2,1-5H3,(H2,28,30)(H,29,33);(H,6,7)/t16-,17-,19+,20-,26-;/m1./s1. The van der Waals surface area contributed by atoms with Gasteiger partial charge in [-0.3, -0.25) is 14.5 Å². The number of fused-ring (bicyclic) bond motifs is 1. The number of hydrogen-bond donors (Lipinski definition) is 3. The third-order valence-electron chi connectivity index (χ3n) is 7.80.